The molecule has 0 radical (unpaired) electrons. The highest BCUT2D eigenvalue weighted by Gasteiger charge is 2.24. The maximum Gasteiger partial charge on any atom is 0.123 e. The van der Waals surface area contributed by atoms with Crippen LogP contribution in [0.15, 0.2) is 30.5 Å². The van der Waals surface area contributed by atoms with Crippen LogP contribution in [0.3, 0.4) is 0 Å². The van der Waals surface area contributed by atoms with E-state index in [2.05, 4.69) is 16.6 Å². The summed E-state index contributed by atoms with van der Waals surface area (Å²) in [6.45, 7) is 3.48. The van der Waals surface area contributed by atoms with E-state index in [1.165, 1.54) is 17.7 Å². The summed E-state index contributed by atoms with van der Waals surface area (Å²) >= 11 is 0. The minimum absolute atomic E-state index is 0.0389. The fourth-order valence-corrected chi connectivity index (χ4v) is 2.74. The first-order valence-electron chi connectivity index (χ1n) is 7.88. The number of rotatable bonds is 7. The van der Waals surface area contributed by atoms with Crippen molar-refractivity contribution >= 4 is 0 Å². The van der Waals surface area contributed by atoms with Gasteiger partial charge in [0.1, 0.15) is 11.9 Å². The topological polar surface area (TPSA) is 48.3 Å². The van der Waals surface area contributed by atoms with Gasteiger partial charge < -0.3 is 14.8 Å². The Morgan fingerprint density at radius 2 is 2.22 bits per heavy atom. The van der Waals surface area contributed by atoms with Crippen molar-refractivity contribution in [3.8, 4) is 0 Å². The van der Waals surface area contributed by atoms with Gasteiger partial charge in [-0.25, -0.2) is 4.39 Å². The molecule has 0 amide bonds. The monoisotopic (exact) mass is 319 g/mol. The molecule has 1 aliphatic heterocycles. The third-order valence-corrected chi connectivity index (χ3v) is 3.96. The first-order chi connectivity index (χ1) is 11.3. The molecule has 1 atom stereocenters. The Hall–Kier alpha value is -1.76. The first-order valence-corrected chi connectivity index (χ1v) is 7.88. The van der Waals surface area contributed by atoms with Crippen molar-refractivity contribution in [1.29, 1.82) is 0 Å². The van der Waals surface area contributed by atoms with E-state index in [9.17, 15) is 4.39 Å². The van der Waals surface area contributed by atoms with Crippen LogP contribution >= 0.6 is 0 Å². The third-order valence-electron chi connectivity index (χ3n) is 3.96. The van der Waals surface area contributed by atoms with E-state index in [1.807, 2.05) is 4.68 Å². The van der Waals surface area contributed by atoms with Crippen LogP contribution in [0.25, 0.3) is 0 Å². The van der Waals surface area contributed by atoms with E-state index < -0.39 is 0 Å². The predicted molar refractivity (Wildman–Crippen MR) is 84.6 cm³/mol. The normalized spacial score (nSPS) is 17.2. The van der Waals surface area contributed by atoms with E-state index in [-0.39, 0.29) is 11.9 Å². The standard InChI is InChI=1S/C17H22FN3O2/c1-22-9-7-21-12-14-6-8-23-16(17(14)20-21)11-19-10-13-2-4-15(18)5-3-13/h2-5,12,16,19H,6-11H2,1H3/t16-/m1/s1. The molecule has 0 saturated carbocycles. The Balaban J connectivity index is 1.57. The van der Waals surface area contributed by atoms with Crippen LogP contribution in [0.2, 0.25) is 0 Å². The summed E-state index contributed by atoms with van der Waals surface area (Å²) in [5, 5.41) is 7.99. The Kier molecular flexibility index (Phi) is 5.38. The average molecular weight is 319 g/mol. The summed E-state index contributed by atoms with van der Waals surface area (Å²) in [4.78, 5) is 0. The molecule has 5 nitrogen and oxygen atoms in total. The second kappa shape index (κ2) is 7.68. The molecule has 0 bridgehead atoms. The molecular weight excluding hydrogens is 297 g/mol. The summed E-state index contributed by atoms with van der Waals surface area (Å²) in [6, 6.07) is 6.53. The van der Waals surface area contributed by atoms with Crippen LogP contribution < -0.4 is 5.32 Å². The van der Waals surface area contributed by atoms with Gasteiger partial charge in [0.2, 0.25) is 0 Å². The van der Waals surface area contributed by atoms with E-state index >= 15 is 0 Å². The van der Waals surface area contributed by atoms with Crippen molar-refractivity contribution < 1.29 is 13.9 Å². The summed E-state index contributed by atoms with van der Waals surface area (Å²) in [5.41, 5.74) is 3.31. The molecule has 1 aromatic heterocycles. The maximum atomic E-state index is 12.9. The molecule has 0 fully saturated rings. The quantitative estimate of drug-likeness (QED) is 0.849. The molecule has 6 heteroatoms. The molecule has 1 aromatic carbocycles. The number of aromatic nitrogens is 2. The lowest BCUT2D eigenvalue weighted by Crippen LogP contribution is -2.27. The van der Waals surface area contributed by atoms with Crippen molar-refractivity contribution in [2.24, 2.45) is 0 Å². The second-order valence-corrected chi connectivity index (χ2v) is 5.66. The molecule has 2 aromatic rings. The van der Waals surface area contributed by atoms with Crippen molar-refractivity contribution in [3.63, 3.8) is 0 Å². The Morgan fingerprint density at radius 3 is 3.00 bits per heavy atom. The summed E-state index contributed by atoms with van der Waals surface area (Å²) in [7, 11) is 1.69. The molecular formula is C17H22FN3O2. The first kappa shape index (κ1) is 16.1. The van der Waals surface area contributed by atoms with Crippen LogP contribution in [0, 0.1) is 5.82 Å². The lowest BCUT2D eigenvalue weighted by atomic mass is 10.1. The molecule has 1 N–H and O–H groups in total. The van der Waals surface area contributed by atoms with Gasteiger partial charge in [0.25, 0.3) is 0 Å². The second-order valence-electron chi connectivity index (χ2n) is 5.66. The lowest BCUT2D eigenvalue weighted by molar-refractivity contribution is 0.0392. The van der Waals surface area contributed by atoms with Crippen LogP contribution in [0.1, 0.15) is 22.9 Å². The molecule has 124 valence electrons. The number of hydrogen-bond donors (Lipinski definition) is 1. The zero-order valence-electron chi connectivity index (χ0n) is 13.3. The maximum absolute atomic E-state index is 12.9. The number of halogens is 1. The number of methoxy groups -OCH3 is 1. The molecule has 3 rings (SSSR count). The molecule has 0 unspecified atom stereocenters. The average Bonchev–Trinajstić information content (AvgIpc) is 2.98. The van der Waals surface area contributed by atoms with Crippen molar-refractivity contribution in [2.45, 2.75) is 25.6 Å². The Labute approximate surface area is 135 Å². The largest absolute Gasteiger partial charge is 0.383 e. The van der Waals surface area contributed by atoms with E-state index in [4.69, 9.17) is 9.47 Å². The van der Waals surface area contributed by atoms with Crippen molar-refractivity contribution in [1.82, 2.24) is 15.1 Å². The molecule has 23 heavy (non-hydrogen) atoms. The zero-order valence-corrected chi connectivity index (χ0v) is 13.3. The Morgan fingerprint density at radius 1 is 1.39 bits per heavy atom. The smallest absolute Gasteiger partial charge is 0.123 e. The number of ether oxygens (including phenoxy) is 2. The number of hydrogen-bond acceptors (Lipinski definition) is 4. The van der Waals surface area contributed by atoms with Gasteiger partial charge in [0.05, 0.1) is 25.5 Å². The summed E-state index contributed by atoms with van der Waals surface area (Å²) in [6.07, 6.45) is 2.95. The SMILES string of the molecule is COCCn1cc2c(n1)[C@@H](CNCc1ccc(F)cc1)OCC2. The lowest BCUT2D eigenvalue weighted by Gasteiger charge is -2.22. The minimum atomic E-state index is -0.212. The van der Waals surface area contributed by atoms with Crippen LogP contribution in [-0.4, -0.2) is 36.6 Å². The van der Waals surface area contributed by atoms with Crippen molar-refractivity contribution in [3.05, 3.63) is 53.1 Å². The fraction of sp³-hybridized carbons (Fsp3) is 0.471. The van der Waals surface area contributed by atoms with Gasteiger partial charge in [-0.1, -0.05) is 12.1 Å². The van der Waals surface area contributed by atoms with Gasteiger partial charge in [-0.3, -0.25) is 4.68 Å². The van der Waals surface area contributed by atoms with Crippen LogP contribution in [0.5, 0.6) is 0 Å². The fourth-order valence-electron chi connectivity index (χ4n) is 2.74. The van der Waals surface area contributed by atoms with Crippen LogP contribution in [0.4, 0.5) is 4.39 Å². The van der Waals surface area contributed by atoms with E-state index in [0.29, 0.717) is 26.3 Å². The number of benzene rings is 1. The van der Waals surface area contributed by atoms with E-state index in [0.717, 1.165) is 24.2 Å². The van der Waals surface area contributed by atoms with Crippen LogP contribution in [-0.2, 0) is 29.0 Å². The Bertz CT molecular complexity index is 627. The van der Waals surface area contributed by atoms with Gasteiger partial charge in [0, 0.05) is 26.4 Å². The highest BCUT2D eigenvalue weighted by atomic mass is 19.1. The van der Waals surface area contributed by atoms with Gasteiger partial charge in [0.15, 0.2) is 0 Å². The summed E-state index contributed by atoms with van der Waals surface area (Å²) in [5.74, 6) is -0.212. The molecule has 1 aliphatic rings. The third kappa shape index (κ3) is 4.16. The number of fused-ring (bicyclic) bond motifs is 1. The van der Waals surface area contributed by atoms with E-state index in [1.54, 1.807) is 19.2 Å². The highest BCUT2D eigenvalue weighted by molar-refractivity contribution is 5.22. The molecule has 0 aliphatic carbocycles. The summed E-state index contributed by atoms with van der Waals surface area (Å²) < 4.78 is 25.8. The number of nitrogens with zero attached hydrogens (tertiary/aromatic N) is 2. The number of nitrogens with one attached hydrogen (secondary N) is 1. The van der Waals surface area contributed by atoms with Gasteiger partial charge in [-0.15, -0.1) is 0 Å². The van der Waals surface area contributed by atoms with Gasteiger partial charge in [-0.2, -0.15) is 5.10 Å². The molecule has 2 heterocycles. The zero-order chi connectivity index (χ0) is 16.1. The molecule has 0 saturated heterocycles. The van der Waals surface area contributed by atoms with Gasteiger partial charge in [-0.05, 0) is 29.7 Å². The highest BCUT2D eigenvalue weighted by Crippen LogP contribution is 2.25. The van der Waals surface area contributed by atoms with Gasteiger partial charge >= 0.3 is 0 Å². The van der Waals surface area contributed by atoms with Crippen molar-refractivity contribution in [2.75, 3.05) is 26.9 Å². The molecule has 0 spiro atoms. The minimum Gasteiger partial charge on any atom is -0.383 e. The predicted octanol–water partition coefficient (Wildman–Crippen LogP) is 2.07.